The topological polar surface area (TPSA) is 104 Å². The lowest BCUT2D eigenvalue weighted by Crippen LogP contribution is -2.34. The Balaban J connectivity index is 1.52. The molecule has 9 heteroatoms. The number of aromatic nitrogens is 2. The van der Waals surface area contributed by atoms with Crippen LogP contribution in [0.1, 0.15) is 10.5 Å². The lowest BCUT2D eigenvalue weighted by Gasteiger charge is -2.07. The van der Waals surface area contributed by atoms with E-state index in [1.54, 1.807) is 48.5 Å². The molecule has 0 spiro atoms. The molecule has 1 amide bonds. The number of halogens is 1. The number of nitrogens with zero attached hydrogens (tertiary/aromatic N) is 1. The van der Waals surface area contributed by atoms with Gasteiger partial charge >= 0.3 is 0 Å². The van der Waals surface area contributed by atoms with E-state index in [0.29, 0.717) is 10.7 Å². The molecule has 7 nitrogen and oxygen atoms in total. The van der Waals surface area contributed by atoms with Gasteiger partial charge in [0, 0.05) is 23.7 Å². The zero-order chi connectivity index (χ0) is 19.3. The first-order chi connectivity index (χ1) is 13.0. The van der Waals surface area contributed by atoms with Gasteiger partial charge in [-0.05, 0) is 30.3 Å². The third kappa shape index (κ3) is 4.94. The smallest absolute Gasteiger partial charge is 0.269 e. The summed E-state index contributed by atoms with van der Waals surface area (Å²) in [4.78, 5) is 12.3. The van der Waals surface area contributed by atoms with Gasteiger partial charge in [-0.3, -0.25) is 9.89 Å². The van der Waals surface area contributed by atoms with Gasteiger partial charge in [0.1, 0.15) is 5.69 Å². The van der Waals surface area contributed by atoms with E-state index >= 15 is 0 Å². The summed E-state index contributed by atoms with van der Waals surface area (Å²) >= 11 is 5.86. The second kappa shape index (κ2) is 8.34. The molecule has 0 atom stereocenters. The number of aromatic amines is 1. The van der Waals surface area contributed by atoms with Crippen LogP contribution >= 0.6 is 11.6 Å². The van der Waals surface area contributed by atoms with E-state index in [0.717, 1.165) is 5.56 Å². The number of H-pyrrole nitrogens is 1. The number of carbonyl (C=O) groups is 1. The lowest BCUT2D eigenvalue weighted by atomic mass is 10.1. The third-order valence-corrected chi connectivity index (χ3v) is 5.45. The Bertz CT molecular complexity index is 1020. The van der Waals surface area contributed by atoms with Crippen LogP contribution in [0.2, 0.25) is 5.02 Å². The molecule has 3 rings (SSSR count). The fraction of sp³-hybridized carbons (Fsp3) is 0.111. The normalized spacial score (nSPS) is 11.3. The summed E-state index contributed by atoms with van der Waals surface area (Å²) in [6.07, 6.45) is 0. The minimum atomic E-state index is -3.59. The molecule has 2 aromatic carbocycles. The highest BCUT2D eigenvalue weighted by atomic mass is 35.5. The SMILES string of the molecule is O=C(NCCNS(=O)(=O)c1ccccc1)c1cc(-c2ccc(Cl)cc2)n[nH]1. The fourth-order valence-electron chi connectivity index (χ4n) is 2.35. The maximum atomic E-state index is 12.2. The summed E-state index contributed by atoms with van der Waals surface area (Å²) in [6.45, 7) is 0.210. The van der Waals surface area contributed by atoms with Gasteiger partial charge in [0.2, 0.25) is 10.0 Å². The molecule has 1 aromatic heterocycles. The van der Waals surface area contributed by atoms with Crippen LogP contribution < -0.4 is 10.0 Å². The summed E-state index contributed by atoms with van der Waals surface area (Å²) in [7, 11) is -3.59. The monoisotopic (exact) mass is 404 g/mol. The maximum Gasteiger partial charge on any atom is 0.269 e. The first-order valence-corrected chi connectivity index (χ1v) is 9.96. The molecule has 140 valence electrons. The molecule has 1 heterocycles. The highest BCUT2D eigenvalue weighted by molar-refractivity contribution is 7.89. The third-order valence-electron chi connectivity index (χ3n) is 3.72. The largest absolute Gasteiger partial charge is 0.349 e. The van der Waals surface area contributed by atoms with E-state index in [9.17, 15) is 13.2 Å². The Morgan fingerprint density at radius 2 is 1.74 bits per heavy atom. The van der Waals surface area contributed by atoms with Crippen molar-refractivity contribution in [3.63, 3.8) is 0 Å². The number of hydrogen-bond acceptors (Lipinski definition) is 4. The van der Waals surface area contributed by atoms with E-state index in [2.05, 4.69) is 20.2 Å². The molecule has 0 saturated heterocycles. The molecule has 0 radical (unpaired) electrons. The van der Waals surface area contributed by atoms with Crippen molar-refractivity contribution in [1.82, 2.24) is 20.2 Å². The molecule has 0 aliphatic carbocycles. The number of hydrogen-bond donors (Lipinski definition) is 3. The predicted molar refractivity (Wildman–Crippen MR) is 103 cm³/mol. The molecule has 3 N–H and O–H groups in total. The van der Waals surface area contributed by atoms with Crippen LogP contribution in [0.4, 0.5) is 0 Å². The first kappa shape index (κ1) is 19.1. The second-order valence-corrected chi connectivity index (χ2v) is 7.84. The molecule has 0 aliphatic rings. The van der Waals surface area contributed by atoms with Crippen LogP contribution in [0.3, 0.4) is 0 Å². The summed E-state index contributed by atoms with van der Waals surface area (Å²) in [5.41, 5.74) is 1.72. The van der Waals surface area contributed by atoms with E-state index in [-0.39, 0.29) is 29.6 Å². The molecule has 0 unspecified atom stereocenters. The van der Waals surface area contributed by atoms with E-state index in [4.69, 9.17) is 11.6 Å². The van der Waals surface area contributed by atoms with E-state index < -0.39 is 10.0 Å². The highest BCUT2D eigenvalue weighted by Crippen LogP contribution is 2.20. The van der Waals surface area contributed by atoms with Crippen LogP contribution in [0.5, 0.6) is 0 Å². The van der Waals surface area contributed by atoms with Crippen molar-refractivity contribution in [3.8, 4) is 11.3 Å². The van der Waals surface area contributed by atoms with Crippen molar-refractivity contribution in [2.75, 3.05) is 13.1 Å². The quantitative estimate of drug-likeness (QED) is 0.526. The van der Waals surface area contributed by atoms with Crippen LogP contribution in [0.25, 0.3) is 11.3 Å². The zero-order valence-corrected chi connectivity index (χ0v) is 15.7. The van der Waals surface area contributed by atoms with Crippen molar-refractivity contribution in [3.05, 3.63) is 71.4 Å². The molecule has 27 heavy (non-hydrogen) atoms. The summed E-state index contributed by atoms with van der Waals surface area (Å²) < 4.78 is 26.6. The Morgan fingerprint density at radius 3 is 2.44 bits per heavy atom. The second-order valence-electron chi connectivity index (χ2n) is 5.64. The summed E-state index contributed by atoms with van der Waals surface area (Å²) in [6, 6.07) is 16.7. The molecule has 0 aliphatic heterocycles. The summed E-state index contributed by atoms with van der Waals surface area (Å²) in [5, 5.41) is 10.0. The van der Waals surface area contributed by atoms with E-state index in [1.165, 1.54) is 12.1 Å². The number of carbonyl (C=O) groups excluding carboxylic acids is 1. The number of benzene rings is 2. The number of amides is 1. The molecule has 3 aromatic rings. The number of sulfonamides is 1. The van der Waals surface area contributed by atoms with Crippen molar-refractivity contribution in [2.24, 2.45) is 0 Å². The Labute approximate surface area is 161 Å². The standard InChI is InChI=1S/C18H17ClN4O3S/c19-14-8-6-13(7-9-14)16-12-17(23-22-16)18(24)20-10-11-21-27(25,26)15-4-2-1-3-5-15/h1-9,12,21H,10-11H2,(H,20,24)(H,22,23). The van der Waals surface area contributed by atoms with Gasteiger partial charge < -0.3 is 5.32 Å². The fourth-order valence-corrected chi connectivity index (χ4v) is 3.53. The van der Waals surface area contributed by atoms with Crippen molar-refractivity contribution >= 4 is 27.5 Å². The number of rotatable bonds is 7. The first-order valence-electron chi connectivity index (χ1n) is 8.10. The average Bonchev–Trinajstić information content (AvgIpc) is 3.17. The maximum absolute atomic E-state index is 12.2. The molecular formula is C18H17ClN4O3S. The van der Waals surface area contributed by atoms with Gasteiger partial charge in [-0.25, -0.2) is 13.1 Å². The van der Waals surface area contributed by atoms with Gasteiger partial charge in [0.05, 0.1) is 10.6 Å². The van der Waals surface area contributed by atoms with E-state index in [1.807, 2.05) is 0 Å². The van der Waals surface area contributed by atoms with Crippen molar-refractivity contribution < 1.29 is 13.2 Å². The average molecular weight is 405 g/mol. The van der Waals surface area contributed by atoms with Crippen LogP contribution in [-0.2, 0) is 10.0 Å². The van der Waals surface area contributed by atoms with Crippen LogP contribution in [0, 0.1) is 0 Å². The number of nitrogens with one attached hydrogen (secondary N) is 3. The van der Waals surface area contributed by atoms with Gasteiger partial charge in [-0.15, -0.1) is 0 Å². The van der Waals surface area contributed by atoms with Gasteiger partial charge in [0.15, 0.2) is 0 Å². The predicted octanol–water partition coefficient (Wildman–Crippen LogP) is 2.44. The van der Waals surface area contributed by atoms with Gasteiger partial charge in [-0.2, -0.15) is 5.10 Å². The minimum Gasteiger partial charge on any atom is -0.349 e. The molecular weight excluding hydrogens is 388 g/mol. The van der Waals surface area contributed by atoms with Crippen molar-refractivity contribution in [1.29, 1.82) is 0 Å². The highest BCUT2D eigenvalue weighted by Gasteiger charge is 2.14. The Hall–Kier alpha value is -2.68. The molecule has 0 fully saturated rings. The minimum absolute atomic E-state index is 0.0706. The van der Waals surface area contributed by atoms with Crippen molar-refractivity contribution in [2.45, 2.75) is 4.90 Å². The zero-order valence-electron chi connectivity index (χ0n) is 14.1. The van der Waals surface area contributed by atoms with Crippen LogP contribution in [-0.4, -0.2) is 37.6 Å². The molecule has 0 bridgehead atoms. The molecule has 0 saturated carbocycles. The van der Waals surface area contributed by atoms with Gasteiger partial charge in [0.25, 0.3) is 5.91 Å². The lowest BCUT2D eigenvalue weighted by molar-refractivity contribution is 0.0949. The summed E-state index contributed by atoms with van der Waals surface area (Å²) in [5.74, 6) is -0.373. The Kier molecular flexibility index (Phi) is 5.90. The van der Waals surface area contributed by atoms with Gasteiger partial charge in [-0.1, -0.05) is 41.9 Å². The Morgan fingerprint density at radius 1 is 1.04 bits per heavy atom. The van der Waals surface area contributed by atoms with Crippen LogP contribution in [0.15, 0.2) is 65.6 Å².